The molecule has 7 nitrogen and oxygen atoms in total. The average Bonchev–Trinajstić information content (AvgIpc) is 3.03. The molecule has 0 fully saturated rings. The molecule has 0 unspecified atom stereocenters. The van der Waals surface area contributed by atoms with Crippen LogP contribution in [0.3, 0.4) is 0 Å². The van der Waals surface area contributed by atoms with E-state index in [0.717, 1.165) is 38.2 Å². The van der Waals surface area contributed by atoms with Gasteiger partial charge in [0, 0.05) is 6.07 Å². The normalized spacial score (nSPS) is 11.3. The molecule has 0 heterocycles. The quantitative estimate of drug-likeness (QED) is 0.0793. The lowest BCUT2D eigenvalue weighted by Gasteiger charge is -2.11. The molecule has 0 amide bonds. The van der Waals surface area contributed by atoms with Crippen molar-refractivity contribution >= 4 is 16.7 Å². The zero-order chi connectivity index (χ0) is 27.8. The highest BCUT2D eigenvalue weighted by Crippen LogP contribution is 2.44. The fourth-order valence-corrected chi connectivity index (χ4v) is 4.44. The second-order valence-electron chi connectivity index (χ2n) is 9.77. The van der Waals surface area contributed by atoms with Gasteiger partial charge < -0.3 is 24.8 Å². The van der Waals surface area contributed by atoms with Crippen LogP contribution in [0.4, 0.5) is 0 Å². The van der Waals surface area contributed by atoms with Crippen molar-refractivity contribution < 1.29 is 29.6 Å². The van der Waals surface area contributed by atoms with Crippen LogP contribution in [0, 0.1) is 0 Å². The van der Waals surface area contributed by atoms with E-state index in [2.05, 4.69) is 23.8 Å². The van der Waals surface area contributed by atoms with E-state index in [9.17, 15) is 24.9 Å². The number of aromatic hydroxyl groups is 3. The number of fused-ring (bicyclic) bond motifs is 1. The van der Waals surface area contributed by atoms with Gasteiger partial charge in [-0.2, -0.15) is 0 Å². The Morgan fingerprint density at radius 2 is 1.34 bits per heavy atom. The highest BCUT2D eigenvalue weighted by atomic mass is 16.5. The number of ether oxygens (including phenoxy) is 2. The summed E-state index contributed by atoms with van der Waals surface area (Å²) in [4.78, 5) is 24.1. The first-order chi connectivity index (χ1) is 18.4. The minimum absolute atomic E-state index is 0.0108. The molecule has 0 atom stereocenters. The van der Waals surface area contributed by atoms with E-state index in [0.29, 0.717) is 6.61 Å². The van der Waals surface area contributed by atoms with Gasteiger partial charge >= 0.3 is 5.97 Å². The van der Waals surface area contributed by atoms with Gasteiger partial charge in [0.25, 0.3) is 0 Å². The van der Waals surface area contributed by atoms with Gasteiger partial charge in [0.05, 0.1) is 24.7 Å². The highest BCUT2D eigenvalue weighted by molar-refractivity contribution is 6.00. The molecule has 0 aliphatic heterocycles. The van der Waals surface area contributed by atoms with Crippen molar-refractivity contribution in [2.75, 3.05) is 13.7 Å². The van der Waals surface area contributed by atoms with Gasteiger partial charge in [-0.25, -0.2) is 4.79 Å². The molecule has 0 saturated carbocycles. The first kappa shape index (κ1) is 31.0. The second-order valence-corrected chi connectivity index (χ2v) is 9.77. The molecule has 38 heavy (non-hydrogen) atoms. The summed E-state index contributed by atoms with van der Waals surface area (Å²) in [6.45, 7) is 2.58. The van der Waals surface area contributed by atoms with Gasteiger partial charge in [-0.1, -0.05) is 76.9 Å². The summed E-state index contributed by atoms with van der Waals surface area (Å²) >= 11 is 0. The third kappa shape index (κ3) is 9.92. The predicted octanol–water partition coefficient (Wildman–Crippen LogP) is 7.52. The number of carbonyl (C=O) groups excluding carboxylic acids is 1. The zero-order valence-electron chi connectivity index (χ0n) is 23.0. The Bertz CT molecular complexity index is 1110. The van der Waals surface area contributed by atoms with Crippen molar-refractivity contribution in [2.45, 2.75) is 96.8 Å². The SMILES string of the molecule is CCCCCCCCC=CCCCCCCCCOc1cc2cc(C(=O)OC)cc(=O)c(O)c2c(O)c1O. The van der Waals surface area contributed by atoms with Crippen LogP contribution >= 0.6 is 0 Å². The number of unbranched alkanes of at least 4 members (excludes halogenated alkanes) is 12. The number of benzene rings is 1. The maximum atomic E-state index is 12.2. The number of hydrogen-bond acceptors (Lipinski definition) is 7. The molecular weight excluding hydrogens is 484 g/mol. The minimum Gasteiger partial charge on any atom is -0.504 e. The van der Waals surface area contributed by atoms with Crippen LogP contribution in [0.15, 0.2) is 35.1 Å². The number of phenolic OH excluding ortho intramolecular Hbond substituents is 2. The summed E-state index contributed by atoms with van der Waals surface area (Å²) in [6, 6.07) is 3.61. The van der Waals surface area contributed by atoms with Gasteiger partial charge in [-0.15, -0.1) is 0 Å². The van der Waals surface area contributed by atoms with Crippen molar-refractivity contribution in [2.24, 2.45) is 0 Å². The number of carbonyl (C=O) groups is 1. The zero-order valence-corrected chi connectivity index (χ0v) is 23.0. The Morgan fingerprint density at radius 3 is 1.95 bits per heavy atom. The maximum absolute atomic E-state index is 12.2. The lowest BCUT2D eigenvalue weighted by molar-refractivity contribution is 0.0601. The first-order valence-corrected chi connectivity index (χ1v) is 14.0. The second kappa shape index (κ2) is 17.3. The van der Waals surface area contributed by atoms with E-state index in [1.165, 1.54) is 77.0 Å². The molecule has 0 aromatic heterocycles. The van der Waals surface area contributed by atoms with Gasteiger partial charge in [0.2, 0.25) is 11.2 Å². The summed E-state index contributed by atoms with van der Waals surface area (Å²) in [5, 5.41) is 31.0. The third-order valence-corrected chi connectivity index (χ3v) is 6.67. The topological polar surface area (TPSA) is 113 Å². The van der Waals surface area contributed by atoms with Crippen LogP contribution in [0.2, 0.25) is 0 Å². The maximum Gasteiger partial charge on any atom is 0.338 e. The molecule has 2 rings (SSSR count). The molecule has 3 N–H and O–H groups in total. The van der Waals surface area contributed by atoms with Crippen LogP contribution in [-0.4, -0.2) is 35.0 Å². The summed E-state index contributed by atoms with van der Waals surface area (Å²) in [5.41, 5.74) is -0.972. The predicted molar refractivity (Wildman–Crippen MR) is 151 cm³/mol. The van der Waals surface area contributed by atoms with Crippen LogP contribution < -0.4 is 10.2 Å². The molecule has 210 valence electrons. The number of phenols is 2. The largest absolute Gasteiger partial charge is 0.504 e. The van der Waals surface area contributed by atoms with E-state index in [-0.39, 0.29) is 22.1 Å². The number of rotatable bonds is 18. The van der Waals surface area contributed by atoms with Crippen LogP contribution in [0.25, 0.3) is 10.8 Å². The van der Waals surface area contributed by atoms with Crippen molar-refractivity contribution in [3.05, 3.63) is 46.1 Å². The van der Waals surface area contributed by atoms with Gasteiger partial charge in [-0.05, 0) is 49.6 Å². The van der Waals surface area contributed by atoms with Crippen molar-refractivity contribution in [3.8, 4) is 23.0 Å². The molecule has 0 saturated heterocycles. The summed E-state index contributed by atoms with van der Waals surface area (Å²) in [6.07, 6.45) is 21.4. The van der Waals surface area contributed by atoms with Crippen molar-refractivity contribution in [1.82, 2.24) is 0 Å². The van der Waals surface area contributed by atoms with Gasteiger partial charge in [-0.3, -0.25) is 4.79 Å². The molecule has 0 radical (unpaired) electrons. The van der Waals surface area contributed by atoms with Crippen molar-refractivity contribution in [1.29, 1.82) is 0 Å². The lowest BCUT2D eigenvalue weighted by atomic mass is 10.1. The smallest absolute Gasteiger partial charge is 0.338 e. The Balaban J connectivity index is 1.73. The Hall–Kier alpha value is -3.22. The molecule has 7 heteroatoms. The number of allylic oxidation sites excluding steroid dienone is 2. The van der Waals surface area contributed by atoms with E-state index in [1.807, 2.05) is 0 Å². The molecule has 0 spiro atoms. The molecule has 2 aromatic rings. The average molecular weight is 529 g/mol. The summed E-state index contributed by atoms with van der Waals surface area (Å²) in [7, 11) is 1.18. The van der Waals surface area contributed by atoms with Crippen LogP contribution in [-0.2, 0) is 4.74 Å². The molecular formula is C31H44O7. The fourth-order valence-electron chi connectivity index (χ4n) is 4.44. The van der Waals surface area contributed by atoms with E-state index >= 15 is 0 Å². The molecule has 0 aliphatic carbocycles. The Kier molecular flexibility index (Phi) is 14.1. The minimum atomic E-state index is -0.882. The van der Waals surface area contributed by atoms with E-state index in [1.54, 1.807) is 0 Å². The number of esters is 1. The highest BCUT2D eigenvalue weighted by Gasteiger charge is 2.19. The molecule has 2 aromatic carbocycles. The van der Waals surface area contributed by atoms with E-state index in [4.69, 9.17) is 4.74 Å². The monoisotopic (exact) mass is 528 g/mol. The Morgan fingerprint density at radius 1 is 0.763 bits per heavy atom. The van der Waals surface area contributed by atoms with Crippen LogP contribution in [0.5, 0.6) is 23.0 Å². The Labute approximate surface area is 226 Å². The van der Waals surface area contributed by atoms with E-state index < -0.39 is 28.6 Å². The van der Waals surface area contributed by atoms with Crippen molar-refractivity contribution in [3.63, 3.8) is 0 Å². The fraction of sp³-hybridized carbons (Fsp3) is 0.548. The lowest BCUT2D eigenvalue weighted by Crippen LogP contribution is -2.03. The molecule has 0 aliphatic rings. The molecule has 0 bridgehead atoms. The first-order valence-electron chi connectivity index (χ1n) is 14.0. The van der Waals surface area contributed by atoms with Crippen LogP contribution in [0.1, 0.15) is 107 Å². The van der Waals surface area contributed by atoms with Gasteiger partial charge in [0.1, 0.15) is 0 Å². The number of hydrogen-bond donors (Lipinski definition) is 3. The number of methoxy groups -OCH3 is 1. The summed E-state index contributed by atoms with van der Waals surface area (Å²) in [5.74, 6) is -2.78. The standard InChI is InChI=1S/C31H44O7/c1-3-4-5-6-7-8-9-10-11-12-13-14-15-16-17-18-19-38-26-22-23-20-24(31(36)37-2)21-25(32)28(33)27(23)30(35)29(26)34/h10-11,20-22,34-35H,3-9,12-19H2,1-2H3,(H,32,33). The third-order valence-electron chi connectivity index (χ3n) is 6.67. The van der Waals surface area contributed by atoms with Gasteiger partial charge in [0.15, 0.2) is 17.2 Å². The summed E-state index contributed by atoms with van der Waals surface area (Å²) < 4.78 is 10.3.